The summed E-state index contributed by atoms with van der Waals surface area (Å²) in [6.45, 7) is 1.38. The van der Waals surface area contributed by atoms with Gasteiger partial charge in [0.05, 0.1) is 17.1 Å². The number of aromatic nitrogens is 1. The van der Waals surface area contributed by atoms with E-state index in [1.54, 1.807) is 11.3 Å². The van der Waals surface area contributed by atoms with E-state index in [0.29, 0.717) is 25.6 Å². The van der Waals surface area contributed by atoms with Gasteiger partial charge in [-0.3, -0.25) is 9.69 Å². The Morgan fingerprint density at radius 2 is 2.18 bits per heavy atom. The monoisotopic (exact) mass is 330 g/mol. The molecule has 0 radical (unpaired) electrons. The highest BCUT2D eigenvalue weighted by Gasteiger charge is 2.42. The molecule has 3 rings (SSSR count). The van der Waals surface area contributed by atoms with Gasteiger partial charge in [0.25, 0.3) is 5.92 Å². The normalized spacial score (nSPS) is 25.8. The van der Waals surface area contributed by atoms with Gasteiger partial charge in [-0.2, -0.15) is 0 Å². The molecule has 1 saturated carbocycles. The lowest BCUT2D eigenvalue weighted by Gasteiger charge is -2.22. The first kappa shape index (κ1) is 15.8. The first-order valence-electron chi connectivity index (χ1n) is 7.70. The molecule has 1 unspecified atom stereocenters. The van der Waals surface area contributed by atoms with Crippen LogP contribution in [0.5, 0.6) is 0 Å². The van der Waals surface area contributed by atoms with Crippen molar-refractivity contribution in [3.05, 3.63) is 16.1 Å². The summed E-state index contributed by atoms with van der Waals surface area (Å²) < 4.78 is 28.0. The molecule has 1 N–H and O–H groups in total. The number of hydrogen-bond acceptors (Lipinski definition) is 4. The van der Waals surface area contributed by atoms with Crippen LogP contribution in [0.4, 0.5) is 8.78 Å². The fourth-order valence-corrected chi connectivity index (χ4v) is 3.92. The third kappa shape index (κ3) is 3.81. The quantitative estimate of drug-likeness (QED) is 0.899. The first-order valence-corrected chi connectivity index (χ1v) is 8.58. The summed E-state index contributed by atoms with van der Waals surface area (Å²) >= 11 is 1.66. The lowest BCUT2D eigenvalue weighted by atomic mass is 9.93. The van der Waals surface area contributed by atoms with Gasteiger partial charge in [0.2, 0.25) is 0 Å². The number of rotatable bonds is 5. The zero-order valence-electron chi connectivity index (χ0n) is 12.3. The van der Waals surface area contributed by atoms with E-state index in [9.17, 15) is 13.6 Å². The minimum absolute atomic E-state index is 0.221. The zero-order valence-corrected chi connectivity index (χ0v) is 13.1. The predicted octanol–water partition coefficient (Wildman–Crippen LogP) is 3.34. The number of thiazole rings is 1. The van der Waals surface area contributed by atoms with Gasteiger partial charge in [-0.25, -0.2) is 13.8 Å². The van der Waals surface area contributed by atoms with Gasteiger partial charge in [0, 0.05) is 36.7 Å². The molecular weight excluding hydrogens is 310 g/mol. The van der Waals surface area contributed by atoms with Crippen molar-refractivity contribution in [2.75, 3.05) is 13.1 Å². The van der Waals surface area contributed by atoms with Crippen LogP contribution >= 0.6 is 11.3 Å². The van der Waals surface area contributed by atoms with Gasteiger partial charge in [-0.05, 0) is 25.8 Å². The molecule has 0 aromatic carbocycles. The highest BCUT2D eigenvalue weighted by Crippen LogP contribution is 2.41. The van der Waals surface area contributed by atoms with E-state index < -0.39 is 24.2 Å². The van der Waals surface area contributed by atoms with Gasteiger partial charge < -0.3 is 5.11 Å². The summed E-state index contributed by atoms with van der Waals surface area (Å²) in [5.41, 5.74) is 0.951. The SMILES string of the molecule is O=C(O)CC1CCN(Cc2csc(C3CC3)n2)CCC1(F)F. The van der Waals surface area contributed by atoms with Crippen LogP contribution in [-0.4, -0.2) is 40.0 Å². The van der Waals surface area contributed by atoms with E-state index in [4.69, 9.17) is 5.11 Å². The van der Waals surface area contributed by atoms with E-state index in [1.807, 2.05) is 10.3 Å². The number of carbonyl (C=O) groups is 1. The standard InChI is InChI=1S/C15H20F2N2O2S/c16-15(17)4-6-19(5-3-11(15)7-13(20)21)8-12-9-22-14(18-12)10-1-2-10/h9-11H,1-8H2,(H,20,21). The summed E-state index contributed by atoms with van der Waals surface area (Å²) in [4.78, 5) is 17.3. The Balaban J connectivity index is 1.59. The maximum absolute atomic E-state index is 14.0. The molecule has 1 atom stereocenters. The zero-order chi connectivity index (χ0) is 15.7. The van der Waals surface area contributed by atoms with Crippen LogP contribution in [-0.2, 0) is 11.3 Å². The molecule has 1 aromatic heterocycles. The average molecular weight is 330 g/mol. The van der Waals surface area contributed by atoms with Gasteiger partial charge in [-0.1, -0.05) is 0 Å². The lowest BCUT2D eigenvalue weighted by Crippen LogP contribution is -2.30. The second kappa shape index (κ2) is 6.20. The summed E-state index contributed by atoms with van der Waals surface area (Å²) in [5.74, 6) is -4.49. The van der Waals surface area contributed by atoms with Crippen molar-refractivity contribution in [2.24, 2.45) is 5.92 Å². The highest BCUT2D eigenvalue weighted by atomic mass is 32.1. The molecule has 2 aliphatic rings. The predicted molar refractivity (Wildman–Crippen MR) is 79.3 cm³/mol. The highest BCUT2D eigenvalue weighted by molar-refractivity contribution is 7.09. The topological polar surface area (TPSA) is 53.4 Å². The second-order valence-electron chi connectivity index (χ2n) is 6.32. The van der Waals surface area contributed by atoms with Crippen LogP contribution in [0.2, 0.25) is 0 Å². The fourth-order valence-electron chi connectivity index (χ4n) is 2.94. The molecule has 122 valence electrons. The molecule has 1 aliphatic heterocycles. The molecule has 1 saturated heterocycles. The number of alkyl halides is 2. The van der Waals surface area contributed by atoms with Crippen molar-refractivity contribution in [1.82, 2.24) is 9.88 Å². The maximum atomic E-state index is 14.0. The molecular formula is C15H20F2N2O2S. The summed E-state index contributed by atoms with van der Waals surface area (Å²) in [5, 5.41) is 12.0. The molecule has 22 heavy (non-hydrogen) atoms. The van der Waals surface area contributed by atoms with Crippen molar-refractivity contribution >= 4 is 17.3 Å². The Hall–Kier alpha value is -1.08. The summed E-state index contributed by atoms with van der Waals surface area (Å²) in [7, 11) is 0. The van der Waals surface area contributed by atoms with Crippen molar-refractivity contribution < 1.29 is 18.7 Å². The summed E-state index contributed by atoms with van der Waals surface area (Å²) in [6, 6.07) is 0. The van der Waals surface area contributed by atoms with Gasteiger partial charge in [0.1, 0.15) is 0 Å². The Labute approximate surface area is 132 Å². The minimum atomic E-state index is -2.89. The third-order valence-electron chi connectivity index (χ3n) is 4.46. The molecule has 1 aromatic rings. The van der Waals surface area contributed by atoms with Crippen LogP contribution < -0.4 is 0 Å². The number of halogens is 2. The fraction of sp³-hybridized carbons (Fsp3) is 0.733. The van der Waals surface area contributed by atoms with Crippen molar-refractivity contribution in [3.63, 3.8) is 0 Å². The number of carboxylic acids is 1. The van der Waals surface area contributed by atoms with Gasteiger partial charge in [-0.15, -0.1) is 11.3 Å². The van der Waals surface area contributed by atoms with E-state index in [2.05, 4.69) is 4.98 Å². The molecule has 7 heteroatoms. The van der Waals surface area contributed by atoms with Gasteiger partial charge in [0.15, 0.2) is 0 Å². The molecule has 0 spiro atoms. The van der Waals surface area contributed by atoms with Crippen molar-refractivity contribution in [1.29, 1.82) is 0 Å². The van der Waals surface area contributed by atoms with Crippen molar-refractivity contribution in [3.8, 4) is 0 Å². The molecule has 0 amide bonds. The molecule has 2 fully saturated rings. The number of nitrogens with zero attached hydrogens (tertiary/aromatic N) is 2. The molecule has 0 bridgehead atoms. The Kier molecular flexibility index (Phi) is 4.45. The number of hydrogen-bond donors (Lipinski definition) is 1. The largest absolute Gasteiger partial charge is 0.481 e. The van der Waals surface area contributed by atoms with Crippen LogP contribution in [0.1, 0.15) is 48.7 Å². The first-order chi connectivity index (χ1) is 10.4. The third-order valence-corrected chi connectivity index (χ3v) is 5.51. The Morgan fingerprint density at radius 3 is 2.86 bits per heavy atom. The van der Waals surface area contributed by atoms with Crippen LogP contribution in [0.15, 0.2) is 5.38 Å². The Morgan fingerprint density at radius 1 is 1.41 bits per heavy atom. The average Bonchev–Trinajstić information content (AvgIpc) is 3.21. The second-order valence-corrected chi connectivity index (χ2v) is 7.21. The van der Waals surface area contributed by atoms with Gasteiger partial charge >= 0.3 is 5.97 Å². The van der Waals surface area contributed by atoms with Crippen molar-refractivity contribution in [2.45, 2.75) is 50.5 Å². The smallest absolute Gasteiger partial charge is 0.303 e. The van der Waals surface area contributed by atoms with E-state index in [1.165, 1.54) is 17.8 Å². The molecule has 1 aliphatic carbocycles. The maximum Gasteiger partial charge on any atom is 0.303 e. The van der Waals surface area contributed by atoms with E-state index in [-0.39, 0.29) is 12.8 Å². The van der Waals surface area contributed by atoms with Crippen LogP contribution in [0, 0.1) is 5.92 Å². The Bertz CT molecular complexity index is 545. The van der Waals surface area contributed by atoms with E-state index >= 15 is 0 Å². The van der Waals surface area contributed by atoms with Crippen LogP contribution in [0.3, 0.4) is 0 Å². The van der Waals surface area contributed by atoms with Crippen LogP contribution in [0.25, 0.3) is 0 Å². The molecule has 4 nitrogen and oxygen atoms in total. The number of likely N-dealkylation sites (tertiary alicyclic amines) is 1. The number of aliphatic carboxylic acids is 1. The summed E-state index contributed by atoms with van der Waals surface area (Å²) in [6.07, 6.45) is 1.91. The minimum Gasteiger partial charge on any atom is -0.481 e. The molecule has 2 heterocycles. The lowest BCUT2D eigenvalue weighted by molar-refractivity contribution is -0.143. The van der Waals surface area contributed by atoms with E-state index in [0.717, 1.165) is 5.69 Å². The number of carboxylic acid groups (broad SMARTS) is 1.